The molecule has 0 bridgehead atoms. The first-order valence-corrected chi connectivity index (χ1v) is 8.19. The van der Waals surface area contributed by atoms with Crippen molar-refractivity contribution in [3.8, 4) is 0 Å². The third-order valence-corrected chi connectivity index (χ3v) is 3.56. The van der Waals surface area contributed by atoms with Crippen LogP contribution in [0.4, 0.5) is 0 Å². The lowest BCUT2D eigenvalue weighted by atomic mass is 10.0. The van der Waals surface area contributed by atoms with E-state index in [0.29, 0.717) is 0 Å². The van der Waals surface area contributed by atoms with Gasteiger partial charge in [0.2, 0.25) is 0 Å². The maximum atomic E-state index is 3.82. The molecule has 0 aliphatic heterocycles. The molecule has 0 aromatic rings. The van der Waals surface area contributed by atoms with Crippen molar-refractivity contribution < 1.29 is 0 Å². The summed E-state index contributed by atoms with van der Waals surface area (Å²) in [5.74, 6) is 0. The van der Waals surface area contributed by atoms with Crippen molar-refractivity contribution in [1.29, 1.82) is 0 Å². The highest BCUT2D eigenvalue weighted by atomic mass is 14.9. The first-order chi connectivity index (χ1) is 8.85. The molecule has 0 fully saturated rings. The van der Waals surface area contributed by atoms with Crippen molar-refractivity contribution in [1.82, 2.24) is 5.32 Å². The Balaban J connectivity index is 3.46. The maximum Gasteiger partial charge on any atom is 0.00700 e. The summed E-state index contributed by atoms with van der Waals surface area (Å²) in [4.78, 5) is 0. The van der Waals surface area contributed by atoms with Gasteiger partial charge in [-0.1, -0.05) is 64.9 Å². The van der Waals surface area contributed by atoms with E-state index in [9.17, 15) is 0 Å². The van der Waals surface area contributed by atoms with Crippen LogP contribution in [0.1, 0.15) is 84.5 Å². The predicted molar refractivity (Wildman–Crippen MR) is 84.1 cm³/mol. The average molecular weight is 253 g/mol. The van der Waals surface area contributed by atoms with Gasteiger partial charge in [-0.2, -0.15) is 0 Å². The molecule has 108 valence electrons. The molecule has 1 heteroatoms. The molecule has 0 heterocycles. The molecule has 0 saturated carbocycles. The summed E-state index contributed by atoms with van der Waals surface area (Å²) in [6.45, 7) is 9.51. The molecule has 1 atom stereocenters. The monoisotopic (exact) mass is 253 g/mol. The highest BCUT2D eigenvalue weighted by molar-refractivity contribution is 4.74. The lowest BCUT2D eigenvalue weighted by molar-refractivity contribution is 0.432. The standard InChI is InChI=1S/C17H35N/c1-4-7-9-10-11-12-13-15-17(14-8-5-2)18-16-6-3/h5,17-18H,2,4,6-16H2,1,3H3. The zero-order valence-electron chi connectivity index (χ0n) is 12.8. The number of unbranched alkanes of at least 4 members (excludes halogenated alkanes) is 6. The average Bonchev–Trinajstić information content (AvgIpc) is 2.40. The molecule has 0 radical (unpaired) electrons. The summed E-state index contributed by atoms with van der Waals surface area (Å²) in [5, 5.41) is 3.67. The Morgan fingerprint density at radius 2 is 1.56 bits per heavy atom. The molecule has 0 saturated heterocycles. The molecule has 0 amide bonds. The zero-order valence-corrected chi connectivity index (χ0v) is 12.8. The third-order valence-electron chi connectivity index (χ3n) is 3.56. The van der Waals surface area contributed by atoms with Crippen LogP contribution < -0.4 is 5.32 Å². The zero-order chi connectivity index (χ0) is 13.5. The minimum Gasteiger partial charge on any atom is -0.314 e. The summed E-state index contributed by atoms with van der Waals surface area (Å²) in [7, 11) is 0. The van der Waals surface area contributed by atoms with Gasteiger partial charge in [0.1, 0.15) is 0 Å². The van der Waals surface area contributed by atoms with Gasteiger partial charge in [0.15, 0.2) is 0 Å². The topological polar surface area (TPSA) is 12.0 Å². The SMILES string of the molecule is C=CCCC(CCCCCCCCC)NCCC. The van der Waals surface area contributed by atoms with Crippen molar-refractivity contribution >= 4 is 0 Å². The van der Waals surface area contributed by atoms with Crippen LogP contribution in [-0.4, -0.2) is 12.6 Å². The van der Waals surface area contributed by atoms with Gasteiger partial charge in [0, 0.05) is 6.04 Å². The fourth-order valence-electron chi connectivity index (χ4n) is 2.36. The van der Waals surface area contributed by atoms with Crippen LogP contribution >= 0.6 is 0 Å². The Hall–Kier alpha value is -0.300. The molecular formula is C17H35N. The van der Waals surface area contributed by atoms with Gasteiger partial charge in [-0.15, -0.1) is 6.58 Å². The Bertz CT molecular complexity index is 165. The van der Waals surface area contributed by atoms with E-state index >= 15 is 0 Å². The lowest BCUT2D eigenvalue weighted by Crippen LogP contribution is -2.29. The highest BCUT2D eigenvalue weighted by Gasteiger charge is 2.05. The first-order valence-electron chi connectivity index (χ1n) is 8.19. The van der Waals surface area contributed by atoms with Crippen LogP contribution in [0.5, 0.6) is 0 Å². The minimum atomic E-state index is 0.721. The van der Waals surface area contributed by atoms with Gasteiger partial charge in [0.05, 0.1) is 0 Å². The Kier molecular flexibility index (Phi) is 14.5. The van der Waals surface area contributed by atoms with Crippen LogP contribution in [0.15, 0.2) is 12.7 Å². The molecule has 0 rings (SSSR count). The van der Waals surface area contributed by atoms with E-state index in [1.807, 2.05) is 6.08 Å². The number of hydrogen-bond donors (Lipinski definition) is 1. The summed E-state index contributed by atoms with van der Waals surface area (Å²) in [6.07, 6.45) is 16.9. The summed E-state index contributed by atoms with van der Waals surface area (Å²) in [5.41, 5.74) is 0. The molecule has 0 spiro atoms. The van der Waals surface area contributed by atoms with Gasteiger partial charge in [-0.05, 0) is 32.2 Å². The van der Waals surface area contributed by atoms with Gasteiger partial charge < -0.3 is 5.32 Å². The summed E-state index contributed by atoms with van der Waals surface area (Å²) < 4.78 is 0. The van der Waals surface area contributed by atoms with E-state index in [1.54, 1.807) is 0 Å². The van der Waals surface area contributed by atoms with Crippen LogP contribution in [0, 0.1) is 0 Å². The molecular weight excluding hydrogens is 218 g/mol. The molecule has 0 aliphatic rings. The smallest absolute Gasteiger partial charge is 0.00700 e. The van der Waals surface area contributed by atoms with Gasteiger partial charge in [0.25, 0.3) is 0 Å². The van der Waals surface area contributed by atoms with Crippen LogP contribution in [-0.2, 0) is 0 Å². The molecule has 1 unspecified atom stereocenters. The highest BCUT2D eigenvalue weighted by Crippen LogP contribution is 2.12. The van der Waals surface area contributed by atoms with Gasteiger partial charge in [-0.3, -0.25) is 0 Å². The Morgan fingerprint density at radius 3 is 2.17 bits per heavy atom. The first kappa shape index (κ1) is 17.7. The largest absolute Gasteiger partial charge is 0.314 e. The van der Waals surface area contributed by atoms with E-state index in [2.05, 4.69) is 25.7 Å². The van der Waals surface area contributed by atoms with E-state index < -0.39 is 0 Å². The van der Waals surface area contributed by atoms with Crippen molar-refractivity contribution in [2.75, 3.05) is 6.54 Å². The van der Waals surface area contributed by atoms with Gasteiger partial charge >= 0.3 is 0 Å². The fraction of sp³-hybridized carbons (Fsp3) is 0.882. The van der Waals surface area contributed by atoms with Crippen molar-refractivity contribution in [3.63, 3.8) is 0 Å². The van der Waals surface area contributed by atoms with Crippen molar-refractivity contribution in [2.24, 2.45) is 0 Å². The minimum absolute atomic E-state index is 0.721. The maximum absolute atomic E-state index is 3.82. The van der Waals surface area contributed by atoms with Crippen LogP contribution in [0.25, 0.3) is 0 Å². The third kappa shape index (κ3) is 12.2. The second-order valence-corrected chi connectivity index (χ2v) is 5.43. The fourth-order valence-corrected chi connectivity index (χ4v) is 2.36. The normalized spacial score (nSPS) is 12.6. The van der Waals surface area contributed by atoms with Crippen LogP contribution in [0.2, 0.25) is 0 Å². The summed E-state index contributed by atoms with van der Waals surface area (Å²) in [6, 6.07) is 0.721. The van der Waals surface area contributed by atoms with E-state index in [-0.39, 0.29) is 0 Å². The second kappa shape index (κ2) is 14.8. The van der Waals surface area contributed by atoms with E-state index in [4.69, 9.17) is 0 Å². The molecule has 18 heavy (non-hydrogen) atoms. The molecule has 0 aromatic heterocycles. The quantitative estimate of drug-likeness (QED) is 0.320. The second-order valence-electron chi connectivity index (χ2n) is 5.43. The Labute approximate surface area is 115 Å². The molecule has 1 nitrogen and oxygen atoms in total. The number of allylic oxidation sites excluding steroid dienone is 1. The van der Waals surface area contributed by atoms with Crippen molar-refractivity contribution in [3.05, 3.63) is 12.7 Å². The van der Waals surface area contributed by atoms with Crippen molar-refractivity contribution in [2.45, 2.75) is 90.5 Å². The molecule has 0 aliphatic carbocycles. The Morgan fingerprint density at radius 1 is 0.889 bits per heavy atom. The van der Waals surface area contributed by atoms with Gasteiger partial charge in [-0.25, -0.2) is 0 Å². The number of nitrogens with one attached hydrogen (secondary N) is 1. The molecule has 0 aromatic carbocycles. The number of rotatable bonds is 14. The number of hydrogen-bond acceptors (Lipinski definition) is 1. The molecule has 1 N–H and O–H groups in total. The van der Waals surface area contributed by atoms with Crippen LogP contribution in [0.3, 0.4) is 0 Å². The predicted octanol–water partition coefficient (Wildman–Crippen LogP) is 5.46. The van der Waals surface area contributed by atoms with E-state index in [0.717, 1.165) is 19.0 Å². The summed E-state index contributed by atoms with van der Waals surface area (Å²) >= 11 is 0. The van der Waals surface area contributed by atoms with E-state index in [1.165, 1.54) is 64.2 Å². The lowest BCUT2D eigenvalue weighted by Gasteiger charge is -2.17.